The molecule has 1 aliphatic rings. The van der Waals surface area contributed by atoms with Gasteiger partial charge in [0.1, 0.15) is 0 Å². The number of rotatable bonds is 2. The van der Waals surface area contributed by atoms with Crippen molar-refractivity contribution in [2.24, 2.45) is 5.92 Å². The molecule has 134 valence electrons. The Bertz CT molecular complexity index is 577. The number of benzene rings is 1. The van der Waals surface area contributed by atoms with Crippen molar-refractivity contribution >= 4 is 11.9 Å². The van der Waals surface area contributed by atoms with Crippen LogP contribution in [0.15, 0.2) is 24.3 Å². The number of nitrogens with one attached hydrogen (secondary N) is 1. The van der Waals surface area contributed by atoms with Gasteiger partial charge in [-0.3, -0.25) is 0 Å². The minimum atomic E-state index is -1.14. The van der Waals surface area contributed by atoms with Crippen LogP contribution in [0.25, 0.3) is 0 Å². The highest BCUT2D eigenvalue weighted by molar-refractivity contribution is 6.02. The zero-order valence-electron chi connectivity index (χ0n) is 15.5. The van der Waals surface area contributed by atoms with Gasteiger partial charge in [-0.05, 0) is 58.6 Å². The Morgan fingerprint density at radius 2 is 1.54 bits per heavy atom. The van der Waals surface area contributed by atoms with Crippen molar-refractivity contribution in [2.75, 3.05) is 7.11 Å². The van der Waals surface area contributed by atoms with Gasteiger partial charge < -0.3 is 15.2 Å². The monoisotopic (exact) mass is 335 g/mol. The van der Waals surface area contributed by atoms with Crippen LogP contribution >= 0.6 is 0 Å². The molecule has 0 saturated carbocycles. The highest BCUT2D eigenvalue weighted by Gasteiger charge is 2.35. The molecular weight excluding hydrogens is 306 g/mol. The number of carbonyl (C=O) groups is 2. The van der Waals surface area contributed by atoms with Gasteiger partial charge in [0, 0.05) is 11.1 Å². The van der Waals surface area contributed by atoms with E-state index < -0.39 is 11.9 Å². The number of hydrogen-bond donors (Lipinski definition) is 2. The minimum absolute atomic E-state index is 0.0469. The number of aromatic carboxylic acids is 1. The SMILES string of the molecule is CC1CC(C)(C)NC(C)(C)C1.COC(=O)c1ccccc1C(=O)O. The summed E-state index contributed by atoms with van der Waals surface area (Å²) in [5.41, 5.74) is 0.689. The number of carboxylic acid groups (broad SMARTS) is 1. The molecule has 5 heteroatoms. The van der Waals surface area contributed by atoms with E-state index in [1.807, 2.05) is 0 Å². The Balaban J connectivity index is 0.000000243. The molecule has 0 aliphatic carbocycles. The van der Waals surface area contributed by atoms with Crippen LogP contribution in [0.5, 0.6) is 0 Å². The molecule has 0 radical (unpaired) electrons. The molecule has 0 atom stereocenters. The fraction of sp³-hybridized carbons (Fsp3) is 0.579. The van der Waals surface area contributed by atoms with Gasteiger partial charge in [-0.15, -0.1) is 0 Å². The maximum atomic E-state index is 11.1. The van der Waals surface area contributed by atoms with Gasteiger partial charge in [-0.1, -0.05) is 19.1 Å². The van der Waals surface area contributed by atoms with E-state index in [-0.39, 0.29) is 11.1 Å². The summed E-state index contributed by atoms with van der Waals surface area (Å²) in [6, 6.07) is 5.90. The highest BCUT2D eigenvalue weighted by Crippen LogP contribution is 2.31. The highest BCUT2D eigenvalue weighted by atomic mass is 16.5. The summed E-state index contributed by atoms with van der Waals surface area (Å²) in [7, 11) is 1.21. The average molecular weight is 335 g/mol. The van der Waals surface area contributed by atoms with Crippen molar-refractivity contribution in [2.45, 2.75) is 58.5 Å². The Morgan fingerprint density at radius 1 is 1.08 bits per heavy atom. The van der Waals surface area contributed by atoms with Crippen LogP contribution in [0.4, 0.5) is 0 Å². The van der Waals surface area contributed by atoms with E-state index in [2.05, 4.69) is 44.7 Å². The molecule has 1 aromatic rings. The first-order valence-corrected chi connectivity index (χ1v) is 8.17. The molecule has 2 rings (SSSR count). The van der Waals surface area contributed by atoms with Crippen molar-refractivity contribution in [3.8, 4) is 0 Å². The number of carboxylic acids is 1. The van der Waals surface area contributed by atoms with Crippen molar-refractivity contribution < 1.29 is 19.4 Å². The molecule has 1 fully saturated rings. The Hall–Kier alpha value is -1.88. The van der Waals surface area contributed by atoms with Crippen LogP contribution in [0.1, 0.15) is 68.2 Å². The standard InChI is InChI=1S/C10H21N.C9H8O4/c1-8-6-9(2,3)11-10(4,5)7-8;1-13-9(12)7-5-3-2-4-6(7)8(10)11/h8,11H,6-7H2,1-5H3;2-5H,1H3,(H,10,11). The van der Waals surface area contributed by atoms with Crippen molar-refractivity contribution in [3.05, 3.63) is 35.4 Å². The van der Waals surface area contributed by atoms with Gasteiger partial charge in [0.25, 0.3) is 0 Å². The van der Waals surface area contributed by atoms with Crippen LogP contribution in [0.2, 0.25) is 0 Å². The Labute approximate surface area is 144 Å². The summed E-state index contributed by atoms with van der Waals surface area (Å²) in [4.78, 5) is 21.7. The maximum Gasteiger partial charge on any atom is 0.338 e. The molecule has 0 spiro atoms. The molecule has 2 N–H and O–H groups in total. The Morgan fingerprint density at radius 3 is 1.92 bits per heavy atom. The summed E-state index contributed by atoms with van der Waals surface area (Å²) < 4.78 is 4.42. The van der Waals surface area contributed by atoms with Crippen LogP contribution in [0.3, 0.4) is 0 Å². The molecule has 5 nitrogen and oxygen atoms in total. The third-order valence-corrected chi connectivity index (χ3v) is 3.96. The lowest BCUT2D eigenvalue weighted by atomic mass is 9.77. The molecule has 1 saturated heterocycles. The van der Waals surface area contributed by atoms with Crippen molar-refractivity contribution in [1.82, 2.24) is 5.32 Å². The first-order valence-electron chi connectivity index (χ1n) is 8.17. The number of ether oxygens (including phenoxy) is 1. The molecule has 24 heavy (non-hydrogen) atoms. The van der Waals surface area contributed by atoms with Crippen LogP contribution < -0.4 is 5.32 Å². The minimum Gasteiger partial charge on any atom is -0.478 e. The first kappa shape index (κ1) is 20.2. The Kier molecular flexibility index (Phi) is 6.55. The number of carbonyl (C=O) groups excluding carboxylic acids is 1. The normalized spacial score (nSPS) is 18.9. The van der Waals surface area contributed by atoms with Crippen LogP contribution in [0, 0.1) is 5.92 Å². The summed E-state index contributed by atoms with van der Waals surface area (Å²) in [6.07, 6.45) is 2.60. The lowest BCUT2D eigenvalue weighted by Crippen LogP contribution is -2.57. The molecule has 1 aliphatic heterocycles. The summed E-state index contributed by atoms with van der Waals surface area (Å²) in [5.74, 6) is -0.916. The van der Waals surface area contributed by atoms with Gasteiger partial charge in [-0.25, -0.2) is 9.59 Å². The van der Waals surface area contributed by atoms with Gasteiger partial charge in [0.05, 0.1) is 18.2 Å². The zero-order valence-corrected chi connectivity index (χ0v) is 15.5. The van der Waals surface area contributed by atoms with E-state index in [9.17, 15) is 9.59 Å². The fourth-order valence-corrected chi connectivity index (χ4v) is 3.79. The summed E-state index contributed by atoms with van der Waals surface area (Å²) >= 11 is 0. The third kappa shape index (κ3) is 5.96. The second kappa shape index (κ2) is 7.79. The molecule has 0 amide bonds. The topological polar surface area (TPSA) is 75.6 Å². The van der Waals surface area contributed by atoms with Crippen molar-refractivity contribution in [3.63, 3.8) is 0 Å². The molecular formula is C19H29NO4. The predicted octanol–water partition coefficient (Wildman–Crippen LogP) is 3.73. The predicted molar refractivity (Wildman–Crippen MR) is 94.4 cm³/mol. The van der Waals surface area contributed by atoms with Crippen LogP contribution in [-0.2, 0) is 4.74 Å². The molecule has 1 heterocycles. The van der Waals surface area contributed by atoms with E-state index in [1.54, 1.807) is 12.1 Å². The number of methoxy groups -OCH3 is 1. The molecule has 0 aromatic heterocycles. The molecule has 1 aromatic carbocycles. The van der Waals surface area contributed by atoms with Gasteiger partial charge >= 0.3 is 11.9 Å². The number of hydrogen-bond acceptors (Lipinski definition) is 4. The van der Waals surface area contributed by atoms with E-state index in [0.717, 1.165) is 5.92 Å². The number of piperidine rings is 1. The molecule has 0 bridgehead atoms. The van der Waals surface area contributed by atoms with Crippen LogP contribution in [-0.4, -0.2) is 35.2 Å². The van der Waals surface area contributed by atoms with E-state index in [4.69, 9.17) is 5.11 Å². The summed E-state index contributed by atoms with van der Waals surface area (Å²) in [6.45, 7) is 11.5. The van der Waals surface area contributed by atoms with E-state index in [1.165, 1.54) is 32.1 Å². The molecule has 0 unspecified atom stereocenters. The maximum absolute atomic E-state index is 11.1. The lowest BCUT2D eigenvalue weighted by molar-refractivity contribution is 0.0582. The van der Waals surface area contributed by atoms with Gasteiger partial charge in [0.15, 0.2) is 0 Å². The largest absolute Gasteiger partial charge is 0.478 e. The van der Waals surface area contributed by atoms with Gasteiger partial charge in [0.2, 0.25) is 0 Å². The van der Waals surface area contributed by atoms with E-state index >= 15 is 0 Å². The number of esters is 1. The van der Waals surface area contributed by atoms with E-state index in [0.29, 0.717) is 11.1 Å². The third-order valence-electron chi connectivity index (χ3n) is 3.96. The zero-order chi connectivity index (χ0) is 18.5. The smallest absolute Gasteiger partial charge is 0.338 e. The quantitative estimate of drug-likeness (QED) is 0.805. The second-order valence-corrected chi connectivity index (χ2v) is 7.75. The average Bonchev–Trinajstić information content (AvgIpc) is 2.43. The second-order valence-electron chi connectivity index (χ2n) is 7.75. The summed E-state index contributed by atoms with van der Waals surface area (Å²) in [5, 5.41) is 12.4. The first-order chi connectivity index (χ1) is 11.0. The van der Waals surface area contributed by atoms with Crippen molar-refractivity contribution in [1.29, 1.82) is 0 Å². The lowest BCUT2D eigenvalue weighted by Gasteiger charge is -2.45. The van der Waals surface area contributed by atoms with Gasteiger partial charge in [-0.2, -0.15) is 0 Å². The fourth-order valence-electron chi connectivity index (χ4n) is 3.79.